The Hall–Kier alpha value is -2.51. The third-order valence-corrected chi connectivity index (χ3v) is 4.40. The van der Waals surface area contributed by atoms with E-state index in [-0.39, 0.29) is 22.2 Å². The number of carbonyl (C=O) groups is 2. The number of methoxy groups -OCH3 is 2. The normalized spacial score (nSPS) is 11.5. The van der Waals surface area contributed by atoms with Crippen LogP contribution in [-0.4, -0.2) is 32.2 Å². The first kappa shape index (κ1) is 21.8. The maximum absolute atomic E-state index is 13.5. The van der Waals surface area contributed by atoms with Crippen LogP contribution in [0, 0.1) is 5.82 Å². The number of rotatable bonds is 7. The molecule has 0 heterocycles. The van der Waals surface area contributed by atoms with Gasteiger partial charge in [0.2, 0.25) is 0 Å². The van der Waals surface area contributed by atoms with Gasteiger partial charge in [-0.1, -0.05) is 29.3 Å². The standard InChI is InChI=1S/C19H18Cl2FNO5/c1-10(28-19(25)12-7-15(22)14(21)8-13(12)20)18(24)23-9-11-4-5-16(26-2)17(6-11)27-3/h4-8,10H,9H2,1-3H3,(H,23,24). The Balaban J connectivity index is 1.98. The van der Waals surface area contributed by atoms with Crippen LogP contribution in [0.2, 0.25) is 10.0 Å². The van der Waals surface area contributed by atoms with Crippen molar-refractivity contribution in [2.75, 3.05) is 14.2 Å². The van der Waals surface area contributed by atoms with Gasteiger partial charge >= 0.3 is 5.97 Å². The summed E-state index contributed by atoms with van der Waals surface area (Å²) in [6.07, 6.45) is -1.12. The van der Waals surface area contributed by atoms with Crippen molar-refractivity contribution in [1.82, 2.24) is 5.32 Å². The van der Waals surface area contributed by atoms with E-state index in [0.29, 0.717) is 11.5 Å². The Bertz CT molecular complexity index is 891. The highest BCUT2D eigenvalue weighted by Gasteiger charge is 2.22. The molecular formula is C19H18Cl2FNO5. The van der Waals surface area contributed by atoms with Crippen molar-refractivity contribution in [3.05, 3.63) is 57.3 Å². The van der Waals surface area contributed by atoms with Crippen LogP contribution in [0.4, 0.5) is 4.39 Å². The van der Waals surface area contributed by atoms with E-state index in [9.17, 15) is 14.0 Å². The lowest BCUT2D eigenvalue weighted by molar-refractivity contribution is -0.129. The smallest absolute Gasteiger partial charge is 0.340 e. The first-order valence-corrected chi connectivity index (χ1v) is 8.86. The lowest BCUT2D eigenvalue weighted by Crippen LogP contribution is -2.35. The molecule has 2 rings (SSSR count). The van der Waals surface area contributed by atoms with Gasteiger partial charge in [0.05, 0.1) is 29.8 Å². The van der Waals surface area contributed by atoms with Gasteiger partial charge in [0.1, 0.15) is 5.82 Å². The van der Waals surface area contributed by atoms with E-state index in [1.807, 2.05) is 0 Å². The van der Waals surface area contributed by atoms with Crippen LogP contribution >= 0.6 is 23.2 Å². The number of esters is 1. The van der Waals surface area contributed by atoms with Crippen molar-refractivity contribution in [1.29, 1.82) is 0 Å². The molecule has 0 bridgehead atoms. The molecule has 0 fully saturated rings. The topological polar surface area (TPSA) is 73.9 Å². The lowest BCUT2D eigenvalue weighted by Gasteiger charge is -2.15. The minimum Gasteiger partial charge on any atom is -0.493 e. The van der Waals surface area contributed by atoms with Crippen molar-refractivity contribution in [3.63, 3.8) is 0 Å². The summed E-state index contributed by atoms with van der Waals surface area (Å²) in [7, 11) is 3.03. The molecule has 0 saturated heterocycles. The Morgan fingerprint density at radius 1 is 1.07 bits per heavy atom. The minimum absolute atomic E-state index is 0.0747. The molecule has 0 radical (unpaired) electrons. The summed E-state index contributed by atoms with van der Waals surface area (Å²) in [4.78, 5) is 24.3. The van der Waals surface area contributed by atoms with Gasteiger partial charge in [-0.05, 0) is 36.8 Å². The predicted octanol–water partition coefficient (Wildman–Crippen LogP) is 4.01. The van der Waals surface area contributed by atoms with Gasteiger partial charge in [-0.15, -0.1) is 0 Å². The fourth-order valence-electron chi connectivity index (χ4n) is 2.28. The highest BCUT2D eigenvalue weighted by atomic mass is 35.5. The van der Waals surface area contributed by atoms with Gasteiger partial charge in [0.15, 0.2) is 17.6 Å². The molecule has 0 aliphatic rings. The zero-order chi connectivity index (χ0) is 20.8. The molecule has 0 aliphatic heterocycles. The van der Waals surface area contributed by atoms with Gasteiger partial charge < -0.3 is 19.5 Å². The van der Waals surface area contributed by atoms with Crippen molar-refractivity contribution in [2.24, 2.45) is 0 Å². The molecule has 1 unspecified atom stereocenters. The maximum Gasteiger partial charge on any atom is 0.340 e. The van der Waals surface area contributed by atoms with Gasteiger partial charge in [-0.2, -0.15) is 0 Å². The molecule has 1 amide bonds. The van der Waals surface area contributed by atoms with E-state index < -0.39 is 23.8 Å². The quantitative estimate of drug-likeness (QED) is 0.531. The average molecular weight is 430 g/mol. The van der Waals surface area contributed by atoms with Crippen LogP contribution in [0.25, 0.3) is 0 Å². The highest BCUT2D eigenvalue weighted by molar-refractivity contribution is 6.36. The fourth-order valence-corrected chi connectivity index (χ4v) is 2.74. The number of ether oxygens (including phenoxy) is 3. The number of hydrogen-bond acceptors (Lipinski definition) is 5. The molecule has 28 heavy (non-hydrogen) atoms. The second-order valence-corrected chi connectivity index (χ2v) is 6.52. The van der Waals surface area contributed by atoms with Gasteiger partial charge in [0, 0.05) is 6.54 Å². The molecule has 1 atom stereocenters. The van der Waals surface area contributed by atoms with E-state index >= 15 is 0 Å². The number of halogens is 3. The first-order valence-electron chi connectivity index (χ1n) is 8.11. The van der Waals surface area contributed by atoms with Gasteiger partial charge in [-0.3, -0.25) is 4.79 Å². The number of nitrogens with one attached hydrogen (secondary N) is 1. The van der Waals surface area contributed by atoms with Crippen molar-refractivity contribution >= 4 is 35.1 Å². The summed E-state index contributed by atoms with van der Waals surface area (Å²) >= 11 is 11.5. The predicted molar refractivity (Wildman–Crippen MR) is 103 cm³/mol. The van der Waals surface area contributed by atoms with E-state index in [1.54, 1.807) is 18.2 Å². The highest BCUT2D eigenvalue weighted by Crippen LogP contribution is 2.27. The van der Waals surface area contributed by atoms with Crippen molar-refractivity contribution in [3.8, 4) is 11.5 Å². The molecular weight excluding hydrogens is 412 g/mol. The molecule has 1 N–H and O–H groups in total. The monoisotopic (exact) mass is 429 g/mol. The fraction of sp³-hybridized carbons (Fsp3) is 0.263. The molecule has 0 aliphatic carbocycles. The van der Waals surface area contributed by atoms with Crippen LogP contribution in [0.5, 0.6) is 11.5 Å². The third kappa shape index (κ3) is 5.27. The molecule has 2 aromatic carbocycles. The average Bonchev–Trinajstić information content (AvgIpc) is 2.68. The molecule has 150 valence electrons. The molecule has 0 spiro atoms. The van der Waals surface area contributed by atoms with Gasteiger partial charge in [-0.25, -0.2) is 9.18 Å². The SMILES string of the molecule is COc1ccc(CNC(=O)C(C)OC(=O)c2cc(F)c(Cl)cc2Cl)cc1OC. The first-order chi connectivity index (χ1) is 13.3. The summed E-state index contributed by atoms with van der Waals surface area (Å²) in [6, 6.07) is 7.14. The van der Waals surface area contributed by atoms with Crippen molar-refractivity contribution < 1.29 is 28.2 Å². The summed E-state index contributed by atoms with van der Waals surface area (Å²) in [6.45, 7) is 1.57. The summed E-state index contributed by atoms with van der Waals surface area (Å²) in [5.74, 6) is -1.20. The van der Waals surface area contributed by atoms with E-state index in [1.165, 1.54) is 21.1 Å². The van der Waals surface area contributed by atoms with Crippen LogP contribution < -0.4 is 14.8 Å². The molecule has 2 aromatic rings. The summed E-state index contributed by atoms with van der Waals surface area (Å²) in [5, 5.41) is 2.34. The van der Waals surface area contributed by atoms with Crippen LogP contribution in [-0.2, 0) is 16.1 Å². The largest absolute Gasteiger partial charge is 0.493 e. The maximum atomic E-state index is 13.5. The lowest BCUT2D eigenvalue weighted by atomic mass is 10.2. The number of carbonyl (C=O) groups excluding carboxylic acids is 2. The summed E-state index contributed by atoms with van der Waals surface area (Å²) in [5.41, 5.74) is 0.537. The van der Waals surface area contributed by atoms with Crippen LogP contribution in [0.1, 0.15) is 22.8 Å². The zero-order valence-corrected chi connectivity index (χ0v) is 16.9. The van der Waals surface area contributed by atoms with Gasteiger partial charge in [0.25, 0.3) is 5.91 Å². The van der Waals surface area contributed by atoms with Crippen LogP contribution in [0.15, 0.2) is 30.3 Å². The molecule has 0 aromatic heterocycles. The van der Waals surface area contributed by atoms with Crippen LogP contribution in [0.3, 0.4) is 0 Å². The Morgan fingerprint density at radius 3 is 2.39 bits per heavy atom. The minimum atomic E-state index is -1.12. The molecule has 9 heteroatoms. The number of benzene rings is 2. The van der Waals surface area contributed by atoms with Crippen molar-refractivity contribution in [2.45, 2.75) is 19.6 Å². The van der Waals surface area contributed by atoms with E-state index in [0.717, 1.165) is 17.7 Å². The zero-order valence-electron chi connectivity index (χ0n) is 15.3. The Morgan fingerprint density at radius 2 is 1.75 bits per heavy atom. The number of amides is 1. The molecule has 0 saturated carbocycles. The number of hydrogen-bond donors (Lipinski definition) is 1. The Kier molecular flexibility index (Phi) is 7.48. The second-order valence-electron chi connectivity index (χ2n) is 5.70. The van der Waals surface area contributed by atoms with E-state index in [2.05, 4.69) is 5.32 Å². The third-order valence-electron chi connectivity index (χ3n) is 3.80. The summed E-state index contributed by atoms with van der Waals surface area (Å²) < 4.78 is 29.0. The van der Waals surface area contributed by atoms with E-state index in [4.69, 9.17) is 37.4 Å². The molecule has 6 nitrogen and oxygen atoms in total. The Labute approximate surface area is 171 Å². The second kappa shape index (κ2) is 9.61.